The fraction of sp³-hybridized carbons (Fsp3) is 0.130. The van der Waals surface area contributed by atoms with Gasteiger partial charge in [-0.2, -0.15) is 0 Å². The van der Waals surface area contributed by atoms with Crippen molar-refractivity contribution in [2.45, 2.75) is 13.3 Å². The lowest BCUT2D eigenvalue weighted by atomic mass is 10.0. The van der Waals surface area contributed by atoms with Gasteiger partial charge in [0.25, 0.3) is 5.69 Å². The Bertz CT molecular complexity index is 1170. The molecule has 6 heteroatoms. The zero-order valence-electron chi connectivity index (χ0n) is 15.7. The number of esters is 1. The summed E-state index contributed by atoms with van der Waals surface area (Å²) in [5.41, 5.74) is 5.10. The minimum atomic E-state index is -0.758. The van der Waals surface area contributed by atoms with Crippen molar-refractivity contribution in [3.05, 3.63) is 98.6 Å². The van der Waals surface area contributed by atoms with Crippen LogP contribution in [0.15, 0.2) is 60.7 Å². The molecule has 1 aliphatic rings. The van der Waals surface area contributed by atoms with Gasteiger partial charge in [0.1, 0.15) is 0 Å². The second kappa shape index (κ2) is 7.31. The first-order valence-corrected chi connectivity index (χ1v) is 9.11. The van der Waals surface area contributed by atoms with Crippen molar-refractivity contribution in [3.8, 4) is 11.1 Å². The molecule has 0 saturated heterocycles. The summed E-state index contributed by atoms with van der Waals surface area (Å²) in [4.78, 5) is 35.4. The Morgan fingerprint density at radius 1 is 1.00 bits per heavy atom. The van der Waals surface area contributed by atoms with Crippen molar-refractivity contribution in [3.63, 3.8) is 0 Å². The molecular formula is C23H17NO5. The summed E-state index contributed by atoms with van der Waals surface area (Å²) < 4.78 is 5.14. The Labute approximate surface area is 166 Å². The number of nitro benzene ring substituents is 1. The van der Waals surface area contributed by atoms with Gasteiger partial charge in [-0.1, -0.05) is 42.5 Å². The Hall–Kier alpha value is -3.80. The van der Waals surface area contributed by atoms with Crippen LogP contribution in [0.1, 0.15) is 37.4 Å². The lowest BCUT2D eigenvalue weighted by Crippen LogP contribution is -2.15. The van der Waals surface area contributed by atoms with Gasteiger partial charge < -0.3 is 4.74 Å². The predicted octanol–water partition coefficient (Wildman–Crippen LogP) is 4.51. The largest absolute Gasteiger partial charge is 0.454 e. The summed E-state index contributed by atoms with van der Waals surface area (Å²) >= 11 is 0. The monoisotopic (exact) mass is 387 g/mol. The highest BCUT2D eigenvalue weighted by Crippen LogP contribution is 2.36. The molecule has 0 unspecified atom stereocenters. The third-order valence-electron chi connectivity index (χ3n) is 5.18. The van der Waals surface area contributed by atoms with Crippen molar-refractivity contribution in [1.29, 1.82) is 0 Å². The van der Waals surface area contributed by atoms with Crippen LogP contribution in [0.2, 0.25) is 0 Å². The fourth-order valence-electron chi connectivity index (χ4n) is 3.63. The van der Waals surface area contributed by atoms with Gasteiger partial charge in [-0.25, -0.2) is 4.79 Å². The average molecular weight is 387 g/mol. The van der Waals surface area contributed by atoms with E-state index in [4.69, 9.17) is 4.74 Å². The maximum absolute atomic E-state index is 12.6. The Morgan fingerprint density at radius 2 is 1.76 bits per heavy atom. The van der Waals surface area contributed by atoms with Gasteiger partial charge in [-0.15, -0.1) is 0 Å². The minimum absolute atomic E-state index is 0.0786. The summed E-state index contributed by atoms with van der Waals surface area (Å²) in [6, 6.07) is 17.7. The molecule has 3 aromatic rings. The topological polar surface area (TPSA) is 86.5 Å². The van der Waals surface area contributed by atoms with Crippen LogP contribution in [0.4, 0.5) is 5.69 Å². The van der Waals surface area contributed by atoms with E-state index in [0.717, 1.165) is 23.1 Å². The molecule has 144 valence electrons. The molecule has 4 rings (SSSR count). The molecule has 29 heavy (non-hydrogen) atoms. The van der Waals surface area contributed by atoms with E-state index in [0.29, 0.717) is 5.56 Å². The first kappa shape index (κ1) is 18.6. The maximum Gasteiger partial charge on any atom is 0.339 e. The Morgan fingerprint density at radius 3 is 2.55 bits per heavy atom. The lowest BCUT2D eigenvalue weighted by Gasteiger charge is -2.08. The molecule has 6 nitrogen and oxygen atoms in total. The molecule has 0 aliphatic heterocycles. The number of rotatable bonds is 5. The number of hydrogen-bond acceptors (Lipinski definition) is 5. The minimum Gasteiger partial charge on any atom is -0.454 e. The molecule has 0 spiro atoms. The van der Waals surface area contributed by atoms with E-state index < -0.39 is 17.5 Å². The third-order valence-corrected chi connectivity index (χ3v) is 5.18. The summed E-state index contributed by atoms with van der Waals surface area (Å²) in [5.74, 6) is -1.08. The van der Waals surface area contributed by atoms with E-state index in [1.807, 2.05) is 30.3 Å². The van der Waals surface area contributed by atoms with Gasteiger partial charge in [0.05, 0.1) is 10.5 Å². The smallest absolute Gasteiger partial charge is 0.339 e. The van der Waals surface area contributed by atoms with Crippen LogP contribution in [0.25, 0.3) is 11.1 Å². The number of fused-ring (bicyclic) bond motifs is 3. The third kappa shape index (κ3) is 3.40. The molecule has 0 heterocycles. The highest BCUT2D eigenvalue weighted by molar-refractivity contribution is 6.01. The van der Waals surface area contributed by atoms with E-state index in [2.05, 4.69) is 6.07 Å². The van der Waals surface area contributed by atoms with Gasteiger partial charge >= 0.3 is 5.97 Å². The van der Waals surface area contributed by atoms with E-state index in [1.165, 1.54) is 30.7 Å². The highest BCUT2D eigenvalue weighted by atomic mass is 16.6. The zero-order valence-corrected chi connectivity index (χ0v) is 15.7. The van der Waals surface area contributed by atoms with Gasteiger partial charge in [0, 0.05) is 17.2 Å². The molecule has 1 aliphatic carbocycles. The lowest BCUT2D eigenvalue weighted by molar-refractivity contribution is -0.385. The van der Waals surface area contributed by atoms with E-state index in [-0.39, 0.29) is 22.6 Å². The number of nitrogens with zero attached hydrogens (tertiary/aromatic N) is 1. The van der Waals surface area contributed by atoms with Gasteiger partial charge in [-0.3, -0.25) is 14.9 Å². The highest BCUT2D eigenvalue weighted by Gasteiger charge is 2.22. The number of Topliss-reactive ketones (excluding diaryl/α,β-unsaturated/α-hetero) is 1. The first-order chi connectivity index (χ1) is 14.0. The number of carbonyl (C=O) groups excluding carboxylic acids is 2. The van der Waals surface area contributed by atoms with Crippen molar-refractivity contribution >= 4 is 17.4 Å². The normalized spacial score (nSPS) is 11.5. The van der Waals surface area contributed by atoms with Crippen LogP contribution >= 0.6 is 0 Å². The molecule has 0 N–H and O–H groups in total. The van der Waals surface area contributed by atoms with E-state index in [1.54, 1.807) is 6.07 Å². The average Bonchev–Trinajstić information content (AvgIpc) is 3.09. The Balaban J connectivity index is 1.50. The number of hydrogen-bond donors (Lipinski definition) is 0. The van der Waals surface area contributed by atoms with Crippen LogP contribution in [0.5, 0.6) is 0 Å². The molecular weight excluding hydrogens is 370 g/mol. The van der Waals surface area contributed by atoms with E-state index >= 15 is 0 Å². The summed E-state index contributed by atoms with van der Waals surface area (Å²) in [5, 5.41) is 11.0. The summed E-state index contributed by atoms with van der Waals surface area (Å²) in [6.07, 6.45) is 0.834. The molecule has 0 saturated carbocycles. The molecule has 0 radical (unpaired) electrons. The first-order valence-electron chi connectivity index (χ1n) is 9.11. The second-order valence-electron chi connectivity index (χ2n) is 6.91. The molecule has 3 aromatic carbocycles. The Kier molecular flexibility index (Phi) is 4.68. The number of carbonyl (C=O) groups is 2. The number of ketones is 1. The zero-order chi connectivity index (χ0) is 20.5. The number of benzene rings is 3. The van der Waals surface area contributed by atoms with E-state index in [9.17, 15) is 19.7 Å². The van der Waals surface area contributed by atoms with Crippen LogP contribution in [0, 0.1) is 17.0 Å². The molecule has 0 atom stereocenters. The quantitative estimate of drug-likeness (QED) is 0.218. The summed E-state index contributed by atoms with van der Waals surface area (Å²) in [7, 11) is 0. The summed E-state index contributed by atoms with van der Waals surface area (Å²) in [6.45, 7) is 1.05. The number of ether oxygens (including phenoxy) is 1. The van der Waals surface area contributed by atoms with Crippen molar-refractivity contribution in [2.24, 2.45) is 0 Å². The molecule has 0 amide bonds. The molecule has 0 fully saturated rings. The maximum atomic E-state index is 12.6. The molecule has 0 bridgehead atoms. The van der Waals surface area contributed by atoms with Crippen LogP contribution < -0.4 is 0 Å². The van der Waals surface area contributed by atoms with Gasteiger partial charge in [0.15, 0.2) is 12.4 Å². The molecule has 0 aromatic heterocycles. The fourth-order valence-corrected chi connectivity index (χ4v) is 3.63. The van der Waals surface area contributed by atoms with Crippen LogP contribution in [0.3, 0.4) is 0 Å². The SMILES string of the molecule is Cc1c(C(=O)OCC(=O)c2ccc3c(c2)-c2ccccc2C3)cccc1[N+](=O)[O-]. The van der Waals surface area contributed by atoms with Crippen LogP contribution in [-0.4, -0.2) is 23.3 Å². The van der Waals surface area contributed by atoms with Crippen molar-refractivity contribution < 1.29 is 19.2 Å². The van der Waals surface area contributed by atoms with Gasteiger partial charge in [-0.05, 0) is 47.7 Å². The van der Waals surface area contributed by atoms with Gasteiger partial charge in [0.2, 0.25) is 0 Å². The number of nitro groups is 1. The van der Waals surface area contributed by atoms with Crippen molar-refractivity contribution in [2.75, 3.05) is 6.61 Å². The standard InChI is InChI=1S/C23H17NO5/c1-14-18(7-4-8-21(14)24(27)28)23(26)29-13-22(25)17-10-9-16-11-15-5-2-3-6-19(15)20(16)12-17/h2-10,12H,11,13H2,1H3. The van der Waals surface area contributed by atoms with Crippen molar-refractivity contribution in [1.82, 2.24) is 0 Å². The van der Waals surface area contributed by atoms with Crippen LogP contribution in [-0.2, 0) is 11.2 Å². The predicted molar refractivity (Wildman–Crippen MR) is 107 cm³/mol. The second-order valence-corrected chi connectivity index (χ2v) is 6.91.